The lowest BCUT2D eigenvalue weighted by molar-refractivity contribution is -0.141. The van der Waals surface area contributed by atoms with Crippen LogP contribution < -0.4 is 0 Å². The van der Waals surface area contributed by atoms with Crippen molar-refractivity contribution in [3.8, 4) is 0 Å². The number of likely N-dealkylation sites (tertiary alicyclic amines) is 1. The molecule has 0 aromatic heterocycles. The first-order chi connectivity index (χ1) is 9.16. The van der Waals surface area contributed by atoms with Gasteiger partial charge in [0.15, 0.2) is 0 Å². The van der Waals surface area contributed by atoms with Gasteiger partial charge in [-0.25, -0.2) is 0 Å². The molecule has 2 atom stereocenters. The first kappa shape index (κ1) is 14.1. The molecule has 2 rings (SSSR count). The van der Waals surface area contributed by atoms with E-state index in [2.05, 4.69) is 29.2 Å². The molecule has 0 bridgehead atoms. The largest absolute Gasteiger partial charge is 0.481 e. The Labute approximate surface area is 115 Å². The van der Waals surface area contributed by atoms with Crippen LogP contribution in [0.5, 0.6) is 0 Å². The third kappa shape index (κ3) is 4.06. The second-order valence-corrected chi connectivity index (χ2v) is 5.58. The second kappa shape index (κ2) is 6.71. The number of hydrogen-bond donors (Lipinski definition) is 1. The molecule has 104 valence electrons. The van der Waals surface area contributed by atoms with Gasteiger partial charge in [0.05, 0.1) is 5.92 Å². The fraction of sp³-hybridized carbons (Fsp3) is 0.562. The van der Waals surface area contributed by atoms with Crippen molar-refractivity contribution in [3.05, 3.63) is 35.9 Å². The highest BCUT2D eigenvalue weighted by Gasteiger charge is 2.26. The van der Waals surface area contributed by atoms with Gasteiger partial charge in [-0.15, -0.1) is 0 Å². The minimum atomic E-state index is -0.676. The second-order valence-electron chi connectivity index (χ2n) is 5.58. The van der Waals surface area contributed by atoms with E-state index in [1.807, 2.05) is 13.0 Å². The fourth-order valence-electron chi connectivity index (χ4n) is 2.86. The predicted molar refractivity (Wildman–Crippen MR) is 75.9 cm³/mol. The quantitative estimate of drug-likeness (QED) is 0.885. The summed E-state index contributed by atoms with van der Waals surface area (Å²) in [7, 11) is 0. The normalized spacial score (nSPS) is 22.1. The molecule has 1 aromatic rings. The zero-order chi connectivity index (χ0) is 13.7. The molecule has 0 saturated carbocycles. The summed E-state index contributed by atoms with van der Waals surface area (Å²) in [6, 6.07) is 10.9. The lowest BCUT2D eigenvalue weighted by Gasteiger charge is -2.36. The van der Waals surface area contributed by atoms with Gasteiger partial charge in [0.2, 0.25) is 0 Å². The fourth-order valence-corrected chi connectivity index (χ4v) is 2.86. The van der Waals surface area contributed by atoms with Crippen molar-refractivity contribution in [2.24, 2.45) is 5.92 Å². The lowest BCUT2D eigenvalue weighted by Crippen LogP contribution is -2.40. The van der Waals surface area contributed by atoms with Gasteiger partial charge in [0, 0.05) is 12.6 Å². The van der Waals surface area contributed by atoms with Gasteiger partial charge in [-0.1, -0.05) is 43.7 Å². The summed E-state index contributed by atoms with van der Waals surface area (Å²) in [6.07, 6.45) is 4.35. The molecule has 0 amide bonds. The van der Waals surface area contributed by atoms with Crippen LogP contribution >= 0.6 is 0 Å². The summed E-state index contributed by atoms with van der Waals surface area (Å²) in [5.41, 5.74) is 1.32. The molecule has 1 aromatic carbocycles. The van der Waals surface area contributed by atoms with Crippen molar-refractivity contribution >= 4 is 5.97 Å². The highest BCUT2D eigenvalue weighted by atomic mass is 16.4. The monoisotopic (exact) mass is 261 g/mol. The molecule has 1 heterocycles. The number of aliphatic carboxylic acids is 1. The van der Waals surface area contributed by atoms with E-state index in [0.29, 0.717) is 6.04 Å². The molecule has 3 nitrogen and oxygen atoms in total. The van der Waals surface area contributed by atoms with Crippen LogP contribution in [-0.4, -0.2) is 28.6 Å². The minimum Gasteiger partial charge on any atom is -0.481 e. The Balaban J connectivity index is 1.98. The summed E-state index contributed by atoms with van der Waals surface area (Å²) in [4.78, 5) is 13.5. The van der Waals surface area contributed by atoms with Crippen molar-refractivity contribution < 1.29 is 9.90 Å². The van der Waals surface area contributed by atoms with Gasteiger partial charge < -0.3 is 5.11 Å². The molecule has 2 unspecified atom stereocenters. The topological polar surface area (TPSA) is 40.5 Å². The van der Waals surface area contributed by atoms with E-state index in [1.54, 1.807) is 0 Å². The maximum Gasteiger partial charge on any atom is 0.306 e. The van der Waals surface area contributed by atoms with E-state index in [-0.39, 0.29) is 5.92 Å². The van der Waals surface area contributed by atoms with Crippen LogP contribution in [-0.2, 0) is 11.3 Å². The Hall–Kier alpha value is -1.35. The summed E-state index contributed by atoms with van der Waals surface area (Å²) in [6.45, 7) is 3.85. The Morgan fingerprint density at radius 2 is 2.11 bits per heavy atom. The average Bonchev–Trinajstić information content (AvgIpc) is 2.42. The molecule has 1 aliphatic heterocycles. The van der Waals surface area contributed by atoms with Crippen molar-refractivity contribution in [1.29, 1.82) is 0 Å². The van der Waals surface area contributed by atoms with Gasteiger partial charge in [0.1, 0.15) is 0 Å². The number of carbonyl (C=O) groups is 1. The third-order valence-electron chi connectivity index (χ3n) is 4.02. The van der Waals surface area contributed by atoms with Crippen molar-refractivity contribution in [1.82, 2.24) is 4.90 Å². The van der Waals surface area contributed by atoms with Crippen molar-refractivity contribution in [2.75, 3.05) is 6.54 Å². The Kier molecular flexibility index (Phi) is 4.97. The van der Waals surface area contributed by atoms with E-state index < -0.39 is 5.97 Å². The van der Waals surface area contributed by atoms with Gasteiger partial charge >= 0.3 is 5.97 Å². The van der Waals surface area contributed by atoms with Gasteiger partial charge in [-0.3, -0.25) is 9.69 Å². The molecule has 1 N–H and O–H groups in total. The Bertz CT molecular complexity index is 404. The van der Waals surface area contributed by atoms with Crippen molar-refractivity contribution in [2.45, 2.75) is 45.2 Å². The van der Waals surface area contributed by atoms with Crippen LogP contribution in [0, 0.1) is 5.92 Å². The Morgan fingerprint density at radius 1 is 1.37 bits per heavy atom. The first-order valence-corrected chi connectivity index (χ1v) is 7.17. The van der Waals surface area contributed by atoms with Crippen LogP contribution in [0.2, 0.25) is 0 Å². The minimum absolute atomic E-state index is 0.249. The average molecular weight is 261 g/mol. The SMILES string of the molecule is CC(CC1CCCCN1Cc1ccccc1)C(=O)O. The van der Waals surface area contributed by atoms with Gasteiger partial charge in [0.25, 0.3) is 0 Å². The predicted octanol–water partition coefficient (Wildman–Crippen LogP) is 3.15. The summed E-state index contributed by atoms with van der Waals surface area (Å²) >= 11 is 0. The first-order valence-electron chi connectivity index (χ1n) is 7.17. The molecule has 1 saturated heterocycles. The molecule has 3 heteroatoms. The van der Waals surface area contributed by atoms with E-state index in [1.165, 1.54) is 18.4 Å². The summed E-state index contributed by atoms with van der Waals surface area (Å²) in [5, 5.41) is 9.07. The van der Waals surface area contributed by atoms with Crippen LogP contribution in [0.4, 0.5) is 0 Å². The number of carboxylic acid groups (broad SMARTS) is 1. The Morgan fingerprint density at radius 3 is 2.79 bits per heavy atom. The molecular formula is C16H23NO2. The molecule has 19 heavy (non-hydrogen) atoms. The molecule has 0 spiro atoms. The number of nitrogens with zero attached hydrogens (tertiary/aromatic N) is 1. The number of carboxylic acids is 1. The van der Waals surface area contributed by atoms with Crippen LogP contribution in [0.25, 0.3) is 0 Å². The zero-order valence-corrected chi connectivity index (χ0v) is 11.6. The molecule has 0 radical (unpaired) electrons. The van der Waals surface area contributed by atoms with Crippen LogP contribution in [0.1, 0.15) is 38.2 Å². The number of benzene rings is 1. The summed E-state index contributed by atoms with van der Waals surface area (Å²) in [5.74, 6) is -0.924. The number of hydrogen-bond acceptors (Lipinski definition) is 2. The lowest BCUT2D eigenvalue weighted by atomic mass is 9.93. The van der Waals surface area contributed by atoms with E-state index in [9.17, 15) is 4.79 Å². The molecule has 1 fully saturated rings. The van der Waals surface area contributed by atoms with Crippen molar-refractivity contribution in [3.63, 3.8) is 0 Å². The highest BCUT2D eigenvalue weighted by molar-refractivity contribution is 5.69. The van der Waals surface area contributed by atoms with E-state index in [0.717, 1.165) is 25.9 Å². The van der Waals surface area contributed by atoms with Gasteiger partial charge in [-0.2, -0.15) is 0 Å². The third-order valence-corrected chi connectivity index (χ3v) is 4.02. The highest BCUT2D eigenvalue weighted by Crippen LogP contribution is 2.24. The smallest absolute Gasteiger partial charge is 0.306 e. The number of rotatable bonds is 5. The maximum absolute atomic E-state index is 11.0. The van der Waals surface area contributed by atoms with Crippen LogP contribution in [0.15, 0.2) is 30.3 Å². The molecule has 0 aliphatic carbocycles. The summed E-state index contributed by atoms with van der Waals surface area (Å²) < 4.78 is 0. The van der Waals surface area contributed by atoms with Gasteiger partial charge in [-0.05, 0) is 31.4 Å². The van der Waals surface area contributed by atoms with E-state index in [4.69, 9.17) is 5.11 Å². The van der Waals surface area contributed by atoms with E-state index >= 15 is 0 Å². The molecule has 1 aliphatic rings. The number of piperidine rings is 1. The standard InChI is InChI=1S/C16H23NO2/c1-13(16(18)19)11-15-9-5-6-10-17(15)12-14-7-3-2-4-8-14/h2-4,7-8,13,15H,5-6,9-12H2,1H3,(H,18,19). The van der Waals surface area contributed by atoms with Crippen LogP contribution in [0.3, 0.4) is 0 Å². The zero-order valence-electron chi connectivity index (χ0n) is 11.6. The molecular weight excluding hydrogens is 238 g/mol. The maximum atomic E-state index is 11.0.